The molecular weight excluding hydrogens is 196 g/mol. The van der Waals surface area contributed by atoms with E-state index in [1.54, 1.807) is 11.3 Å². The van der Waals surface area contributed by atoms with Gasteiger partial charge in [-0.25, -0.2) is 4.98 Å². The van der Waals surface area contributed by atoms with E-state index in [1.165, 1.54) is 0 Å². The van der Waals surface area contributed by atoms with Gasteiger partial charge in [0.05, 0.1) is 17.2 Å². The van der Waals surface area contributed by atoms with Crippen LogP contribution in [0.2, 0.25) is 0 Å². The van der Waals surface area contributed by atoms with Gasteiger partial charge in [-0.15, -0.1) is 0 Å². The van der Waals surface area contributed by atoms with E-state index in [-0.39, 0.29) is 6.61 Å². The highest BCUT2D eigenvalue weighted by Gasteiger charge is 2.11. The number of aliphatic hydroxyl groups excluding tert-OH is 1. The molecule has 0 saturated heterocycles. The van der Waals surface area contributed by atoms with Gasteiger partial charge in [-0.2, -0.15) is 0 Å². The zero-order valence-electron chi connectivity index (χ0n) is 9.08. The molecule has 80 valence electrons. The largest absolute Gasteiger partial charge is 0.391 e. The van der Waals surface area contributed by atoms with Crippen LogP contribution in [0.1, 0.15) is 30.8 Å². The minimum absolute atomic E-state index is 0.104. The molecule has 0 fully saturated rings. The van der Waals surface area contributed by atoms with E-state index in [0.29, 0.717) is 0 Å². The Labute approximate surface area is 89.4 Å². The van der Waals surface area contributed by atoms with Crippen LogP contribution >= 0.6 is 11.3 Å². The van der Waals surface area contributed by atoms with Crippen molar-refractivity contribution in [3.63, 3.8) is 0 Å². The molecule has 0 spiro atoms. The highest BCUT2D eigenvalue weighted by molar-refractivity contribution is 7.15. The summed E-state index contributed by atoms with van der Waals surface area (Å²) in [6.45, 7) is 8.36. The predicted molar refractivity (Wildman–Crippen MR) is 61.0 cm³/mol. The minimum atomic E-state index is 0.104. The lowest BCUT2D eigenvalue weighted by Gasteiger charge is -2.18. The molecule has 0 aliphatic heterocycles. The molecule has 0 atom stereocenters. The van der Waals surface area contributed by atoms with Crippen molar-refractivity contribution in [3.05, 3.63) is 10.6 Å². The Kier molecular flexibility index (Phi) is 4.35. The monoisotopic (exact) mass is 214 g/mol. The highest BCUT2D eigenvalue weighted by Crippen LogP contribution is 2.25. The van der Waals surface area contributed by atoms with Gasteiger partial charge in [0.1, 0.15) is 0 Å². The van der Waals surface area contributed by atoms with E-state index in [2.05, 4.69) is 23.7 Å². The van der Waals surface area contributed by atoms with Crippen molar-refractivity contribution < 1.29 is 5.11 Å². The first-order chi connectivity index (χ1) is 6.72. The van der Waals surface area contributed by atoms with Crippen LogP contribution in [0.15, 0.2) is 0 Å². The number of rotatable bonds is 5. The second-order valence-electron chi connectivity index (χ2n) is 3.24. The van der Waals surface area contributed by atoms with E-state index in [0.717, 1.165) is 35.2 Å². The van der Waals surface area contributed by atoms with Crippen molar-refractivity contribution >= 4 is 16.5 Å². The molecule has 1 N–H and O–H groups in total. The smallest absolute Gasteiger partial charge is 0.185 e. The Bertz CT molecular complexity index is 286. The van der Waals surface area contributed by atoms with Gasteiger partial charge in [0, 0.05) is 13.1 Å². The van der Waals surface area contributed by atoms with Crippen LogP contribution in [0.5, 0.6) is 0 Å². The molecule has 4 heteroatoms. The third-order valence-electron chi connectivity index (χ3n) is 2.17. The summed E-state index contributed by atoms with van der Waals surface area (Å²) in [7, 11) is 0. The first-order valence-corrected chi connectivity index (χ1v) is 5.86. The van der Waals surface area contributed by atoms with E-state index in [9.17, 15) is 0 Å². The van der Waals surface area contributed by atoms with Gasteiger partial charge >= 0.3 is 0 Å². The maximum atomic E-state index is 9.07. The lowest BCUT2D eigenvalue weighted by Crippen LogP contribution is -2.23. The fourth-order valence-electron chi connectivity index (χ4n) is 1.35. The second-order valence-corrected chi connectivity index (χ2v) is 4.30. The average Bonchev–Trinajstić information content (AvgIpc) is 2.56. The van der Waals surface area contributed by atoms with Crippen LogP contribution in [-0.2, 0) is 6.61 Å². The topological polar surface area (TPSA) is 36.4 Å². The normalized spacial score (nSPS) is 10.6. The highest BCUT2D eigenvalue weighted by atomic mass is 32.1. The summed E-state index contributed by atoms with van der Waals surface area (Å²) >= 11 is 1.60. The van der Waals surface area contributed by atoms with Gasteiger partial charge in [-0.3, -0.25) is 0 Å². The summed E-state index contributed by atoms with van der Waals surface area (Å²) in [5.74, 6) is 0. The molecule has 1 aromatic rings. The zero-order chi connectivity index (χ0) is 10.6. The van der Waals surface area contributed by atoms with E-state index in [4.69, 9.17) is 5.11 Å². The Balaban J connectivity index is 2.82. The fourth-order valence-corrected chi connectivity index (χ4v) is 2.36. The fraction of sp³-hybridized carbons (Fsp3) is 0.700. The van der Waals surface area contributed by atoms with Crippen LogP contribution in [0.3, 0.4) is 0 Å². The Morgan fingerprint density at radius 1 is 1.43 bits per heavy atom. The molecule has 1 aromatic heterocycles. The number of hydrogen-bond donors (Lipinski definition) is 1. The maximum Gasteiger partial charge on any atom is 0.185 e. The summed E-state index contributed by atoms with van der Waals surface area (Å²) in [6.07, 6.45) is 1.13. The first kappa shape index (κ1) is 11.5. The van der Waals surface area contributed by atoms with Crippen LogP contribution in [-0.4, -0.2) is 23.2 Å². The molecule has 0 aliphatic rings. The van der Waals surface area contributed by atoms with Crippen molar-refractivity contribution in [2.45, 2.75) is 33.8 Å². The maximum absolute atomic E-state index is 9.07. The minimum Gasteiger partial charge on any atom is -0.391 e. The van der Waals surface area contributed by atoms with Crippen LogP contribution in [0.25, 0.3) is 0 Å². The number of anilines is 1. The van der Waals surface area contributed by atoms with Crippen LogP contribution < -0.4 is 4.90 Å². The molecule has 0 unspecified atom stereocenters. The molecule has 1 heterocycles. The van der Waals surface area contributed by atoms with E-state index >= 15 is 0 Å². The predicted octanol–water partition coefficient (Wildman–Crippen LogP) is 2.18. The van der Waals surface area contributed by atoms with Crippen molar-refractivity contribution in [2.24, 2.45) is 0 Å². The van der Waals surface area contributed by atoms with Crippen LogP contribution in [0, 0.1) is 6.92 Å². The van der Waals surface area contributed by atoms with Gasteiger partial charge in [-0.1, -0.05) is 18.3 Å². The van der Waals surface area contributed by atoms with Gasteiger partial charge in [0.25, 0.3) is 0 Å². The summed E-state index contributed by atoms with van der Waals surface area (Å²) in [6, 6.07) is 0. The molecule has 0 amide bonds. The number of aryl methyl sites for hydroxylation is 1. The molecule has 0 aliphatic carbocycles. The number of nitrogens with zero attached hydrogens (tertiary/aromatic N) is 2. The van der Waals surface area contributed by atoms with Gasteiger partial charge < -0.3 is 10.0 Å². The summed E-state index contributed by atoms with van der Waals surface area (Å²) in [4.78, 5) is 7.68. The molecule has 14 heavy (non-hydrogen) atoms. The van der Waals surface area contributed by atoms with Crippen molar-refractivity contribution in [1.29, 1.82) is 0 Å². The standard InChI is InChI=1S/C10H18N2OS/c1-4-6-12(5-2)10-11-8(3)9(7-13)14-10/h13H,4-7H2,1-3H3. The van der Waals surface area contributed by atoms with Gasteiger partial charge in [0.15, 0.2) is 5.13 Å². The quantitative estimate of drug-likeness (QED) is 0.816. The molecule has 0 bridgehead atoms. The Morgan fingerprint density at radius 3 is 2.57 bits per heavy atom. The molecule has 0 saturated carbocycles. The van der Waals surface area contributed by atoms with Gasteiger partial charge in [0.2, 0.25) is 0 Å². The van der Waals surface area contributed by atoms with Gasteiger partial charge in [-0.05, 0) is 20.3 Å². The Hall–Kier alpha value is -0.610. The number of thiazole rings is 1. The molecular formula is C10H18N2OS. The first-order valence-electron chi connectivity index (χ1n) is 5.05. The third kappa shape index (κ3) is 2.45. The lowest BCUT2D eigenvalue weighted by molar-refractivity contribution is 0.284. The molecule has 0 aromatic carbocycles. The average molecular weight is 214 g/mol. The number of aliphatic hydroxyl groups is 1. The van der Waals surface area contributed by atoms with Crippen LogP contribution in [0.4, 0.5) is 5.13 Å². The summed E-state index contributed by atoms with van der Waals surface area (Å²) in [5, 5.41) is 10.1. The SMILES string of the molecule is CCCN(CC)c1nc(C)c(CO)s1. The van der Waals surface area contributed by atoms with Crippen molar-refractivity contribution in [3.8, 4) is 0 Å². The van der Waals surface area contributed by atoms with E-state index in [1.807, 2.05) is 6.92 Å². The number of aromatic nitrogens is 1. The molecule has 0 radical (unpaired) electrons. The summed E-state index contributed by atoms with van der Waals surface area (Å²) in [5.41, 5.74) is 0.960. The number of hydrogen-bond acceptors (Lipinski definition) is 4. The zero-order valence-corrected chi connectivity index (χ0v) is 9.89. The molecule has 1 rings (SSSR count). The Morgan fingerprint density at radius 2 is 2.14 bits per heavy atom. The van der Waals surface area contributed by atoms with Crippen molar-refractivity contribution in [1.82, 2.24) is 4.98 Å². The molecule has 3 nitrogen and oxygen atoms in total. The van der Waals surface area contributed by atoms with Crippen molar-refractivity contribution in [2.75, 3.05) is 18.0 Å². The van der Waals surface area contributed by atoms with E-state index < -0.39 is 0 Å². The lowest BCUT2D eigenvalue weighted by atomic mass is 10.4. The third-order valence-corrected chi connectivity index (χ3v) is 3.37. The summed E-state index contributed by atoms with van der Waals surface area (Å²) < 4.78 is 0. The second kappa shape index (κ2) is 5.32.